The van der Waals surface area contributed by atoms with Crippen molar-refractivity contribution in [1.82, 2.24) is 4.98 Å². The molecule has 1 heterocycles. The minimum atomic E-state index is 0.291. The number of hydrogen-bond acceptors (Lipinski definition) is 3. The van der Waals surface area contributed by atoms with Crippen LogP contribution in [0.15, 0.2) is 4.42 Å². The van der Waals surface area contributed by atoms with Gasteiger partial charge in [-0.25, -0.2) is 0 Å². The van der Waals surface area contributed by atoms with Gasteiger partial charge in [0.15, 0.2) is 0 Å². The van der Waals surface area contributed by atoms with Crippen LogP contribution < -0.4 is 5.73 Å². The molecule has 3 heteroatoms. The highest BCUT2D eigenvalue weighted by Crippen LogP contribution is 2.23. The van der Waals surface area contributed by atoms with Crippen molar-refractivity contribution in [2.75, 3.05) is 5.73 Å². The molecule has 1 aromatic heterocycles. The Hall–Kier alpha value is -0.990. The van der Waals surface area contributed by atoms with Crippen LogP contribution in [0.2, 0.25) is 0 Å². The van der Waals surface area contributed by atoms with Crippen molar-refractivity contribution in [1.29, 1.82) is 0 Å². The molecule has 0 aliphatic heterocycles. The summed E-state index contributed by atoms with van der Waals surface area (Å²) in [6.07, 6.45) is 0.914. The van der Waals surface area contributed by atoms with E-state index >= 15 is 0 Å². The van der Waals surface area contributed by atoms with Crippen LogP contribution in [0.25, 0.3) is 0 Å². The number of nitrogens with zero attached hydrogens (tertiary/aromatic N) is 1. The fourth-order valence-corrected chi connectivity index (χ4v) is 1.35. The summed E-state index contributed by atoms with van der Waals surface area (Å²) in [6, 6.07) is 0.291. The van der Waals surface area contributed by atoms with Gasteiger partial charge in [-0.2, -0.15) is 4.98 Å². The van der Waals surface area contributed by atoms with Gasteiger partial charge in [-0.15, -0.1) is 0 Å². The average Bonchev–Trinajstić information content (AvgIpc) is 2.29. The second kappa shape index (κ2) is 3.81. The van der Waals surface area contributed by atoms with Gasteiger partial charge in [0.1, 0.15) is 5.76 Å². The van der Waals surface area contributed by atoms with Crippen LogP contribution in [-0.4, -0.2) is 4.98 Å². The molecule has 0 aromatic carbocycles. The smallest absolute Gasteiger partial charge is 0.292 e. The van der Waals surface area contributed by atoms with E-state index in [0.29, 0.717) is 17.9 Å². The number of nitrogens with two attached hydrogens (primary N) is 1. The van der Waals surface area contributed by atoms with E-state index in [4.69, 9.17) is 10.2 Å². The van der Waals surface area contributed by atoms with Crippen LogP contribution in [-0.2, 0) is 6.42 Å². The zero-order valence-corrected chi connectivity index (χ0v) is 8.79. The minimum absolute atomic E-state index is 0.291. The van der Waals surface area contributed by atoms with Crippen LogP contribution in [0.4, 0.5) is 6.01 Å². The van der Waals surface area contributed by atoms with E-state index in [2.05, 4.69) is 32.7 Å². The van der Waals surface area contributed by atoms with E-state index in [9.17, 15) is 0 Å². The first kappa shape index (κ1) is 10.1. The SMILES string of the molecule is CC(C)Cc1oc(N)nc1C(C)C. The molecule has 0 aliphatic carbocycles. The highest BCUT2D eigenvalue weighted by molar-refractivity contribution is 5.22. The first-order valence-corrected chi connectivity index (χ1v) is 4.75. The molecule has 3 nitrogen and oxygen atoms in total. The molecule has 0 bridgehead atoms. The molecule has 1 rings (SSSR count). The van der Waals surface area contributed by atoms with Gasteiger partial charge in [-0.05, 0) is 11.8 Å². The molecular formula is C10H18N2O. The lowest BCUT2D eigenvalue weighted by molar-refractivity contribution is 0.476. The number of oxazole rings is 1. The molecule has 0 unspecified atom stereocenters. The first-order chi connectivity index (χ1) is 6.00. The fourth-order valence-electron chi connectivity index (χ4n) is 1.35. The van der Waals surface area contributed by atoms with Gasteiger partial charge < -0.3 is 10.2 Å². The lowest BCUT2D eigenvalue weighted by Gasteiger charge is -2.05. The number of hydrogen-bond donors (Lipinski definition) is 1. The normalized spacial score (nSPS) is 11.5. The topological polar surface area (TPSA) is 52.0 Å². The molecule has 0 aliphatic rings. The van der Waals surface area contributed by atoms with Gasteiger partial charge in [-0.1, -0.05) is 27.7 Å². The predicted molar refractivity (Wildman–Crippen MR) is 53.5 cm³/mol. The van der Waals surface area contributed by atoms with Crippen molar-refractivity contribution in [3.63, 3.8) is 0 Å². The standard InChI is InChI=1S/C10H18N2O/c1-6(2)5-8-9(7(3)4)12-10(11)13-8/h6-7H,5H2,1-4H3,(H2,11,12). The molecule has 0 radical (unpaired) electrons. The third-order valence-electron chi connectivity index (χ3n) is 1.88. The van der Waals surface area contributed by atoms with Gasteiger partial charge in [0.05, 0.1) is 5.69 Å². The molecule has 2 N–H and O–H groups in total. The largest absolute Gasteiger partial charge is 0.429 e. The maximum atomic E-state index is 5.52. The van der Waals surface area contributed by atoms with Crippen molar-refractivity contribution in [3.05, 3.63) is 11.5 Å². The number of aromatic nitrogens is 1. The lowest BCUT2D eigenvalue weighted by Crippen LogP contribution is -1.98. The Balaban J connectivity index is 2.91. The van der Waals surface area contributed by atoms with E-state index in [-0.39, 0.29) is 0 Å². The Morgan fingerprint density at radius 3 is 2.38 bits per heavy atom. The average molecular weight is 182 g/mol. The van der Waals surface area contributed by atoms with Crippen molar-refractivity contribution < 1.29 is 4.42 Å². The van der Waals surface area contributed by atoms with E-state index in [1.807, 2.05) is 0 Å². The van der Waals surface area contributed by atoms with Crippen molar-refractivity contribution in [2.24, 2.45) is 5.92 Å². The fraction of sp³-hybridized carbons (Fsp3) is 0.700. The van der Waals surface area contributed by atoms with Crippen LogP contribution in [0.3, 0.4) is 0 Å². The molecular weight excluding hydrogens is 164 g/mol. The third kappa shape index (κ3) is 2.47. The summed E-state index contributed by atoms with van der Waals surface area (Å²) >= 11 is 0. The molecule has 0 spiro atoms. The number of anilines is 1. The Morgan fingerprint density at radius 1 is 1.31 bits per heavy atom. The summed E-state index contributed by atoms with van der Waals surface area (Å²) in [5.74, 6) is 1.90. The highest BCUT2D eigenvalue weighted by Gasteiger charge is 2.15. The summed E-state index contributed by atoms with van der Waals surface area (Å²) in [7, 11) is 0. The zero-order valence-electron chi connectivity index (χ0n) is 8.79. The highest BCUT2D eigenvalue weighted by atomic mass is 16.4. The molecule has 74 valence electrons. The Morgan fingerprint density at radius 2 is 1.92 bits per heavy atom. The van der Waals surface area contributed by atoms with E-state index < -0.39 is 0 Å². The van der Waals surface area contributed by atoms with Crippen LogP contribution >= 0.6 is 0 Å². The van der Waals surface area contributed by atoms with Crippen LogP contribution in [0.5, 0.6) is 0 Å². The van der Waals surface area contributed by atoms with E-state index in [0.717, 1.165) is 17.9 Å². The van der Waals surface area contributed by atoms with E-state index in [1.165, 1.54) is 0 Å². The lowest BCUT2D eigenvalue weighted by atomic mass is 10.0. The van der Waals surface area contributed by atoms with Crippen LogP contribution in [0.1, 0.15) is 45.1 Å². The van der Waals surface area contributed by atoms with Gasteiger partial charge >= 0.3 is 0 Å². The second-order valence-corrected chi connectivity index (χ2v) is 4.11. The number of nitrogen functional groups attached to an aromatic ring is 1. The second-order valence-electron chi connectivity index (χ2n) is 4.11. The number of rotatable bonds is 3. The Kier molecular flexibility index (Phi) is 2.96. The molecule has 0 atom stereocenters. The minimum Gasteiger partial charge on any atom is -0.429 e. The van der Waals surface area contributed by atoms with Gasteiger partial charge in [0.25, 0.3) is 6.01 Å². The third-order valence-corrected chi connectivity index (χ3v) is 1.88. The quantitative estimate of drug-likeness (QED) is 0.781. The predicted octanol–water partition coefficient (Wildman–Crippen LogP) is 2.58. The molecule has 13 heavy (non-hydrogen) atoms. The molecule has 0 fully saturated rings. The maximum Gasteiger partial charge on any atom is 0.292 e. The molecule has 0 saturated heterocycles. The van der Waals surface area contributed by atoms with Crippen molar-refractivity contribution in [2.45, 2.75) is 40.0 Å². The summed E-state index contributed by atoms with van der Waals surface area (Å²) in [5.41, 5.74) is 6.52. The summed E-state index contributed by atoms with van der Waals surface area (Å²) < 4.78 is 5.35. The summed E-state index contributed by atoms with van der Waals surface area (Å²) in [4.78, 5) is 4.17. The zero-order chi connectivity index (χ0) is 10.0. The van der Waals surface area contributed by atoms with Gasteiger partial charge in [0.2, 0.25) is 0 Å². The van der Waals surface area contributed by atoms with Gasteiger partial charge in [-0.3, -0.25) is 0 Å². The Labute approximate surface area is 79.3 Å². The monoisotopic (exact) mass is 182 g/mol. The van der Waals surface area contributed by atoms with Crippen molar-refractivity contribution in [3.8, 4) is 0 Å². The van der Waals surface area contributed by atoms with Crippen LogP contribution in [0, 0.1) is 5.92 Å². The summed E-state index contributed by atoms with van der Waals surface area (Å²) in [5, 5.41) is 0. The molecule has 0 amide bonds. The van der Waals surface area contributed by atoms with E-state index in [1.54, 1.807) is 0 Å². The molecule has 1 aromatic rings. The molecule has 0 saturated carbocycles. The first-order valence-electron chi connectivity index (χ1n) is 4.75. The van der Waals surface area contributed by atoms with Gasteiger partial charge in [0, 0.05) is 6.42 Å². The summed E-state index contributed by atoms with van der Waals surface area (Å²) in [6.45, 7) is 8.51. The maximum absolute atomic E-state index is 5.52. The van der Waals surface area contributed by atoms with Crippen molar-refractivity contribution >= 4 is 6.01 Å². The Bertz CT molecular complexity index is 276.